The maximum atomic E-state index is 12.1. The number of aliphatic carboxylic acids is 1. The largest absolute Gasteiger partial charge is 0.481 e. The van der Waals surface area contributed by atoms with E-state index in [-0.39, 0.29) is 12.3 Å². The minimum absolute atomic E-state index is 0.0876. The van der Waals surface area contributed by atoms with Gasteiger partial charge in [0.15, 0.2) is 0 Å². The molecule has 1 atom stereocenters. The van der Waals surface area contributed by atoms with Gasteiger partial charge in [0, 0.05) is 24.0 Å². The second-order valence-corrected chi connectivity index (χ2v) is 4.62. The minimum atomic E-state index is -0.926. The van der Waals surface area contributed by atoms with Gasteiger partial charge in [-0.15, -0.1) is 0 Å². The van der Waals surface area contributed by atoms with Crippen LogP contribution in [0.15, 0.2) is 30.3 Å². The molecule has 100 valence electrons. The number of carboxylic acids is 1. The molecular weight excluding hydrogens is 244 g/mol. The zero-order chi connectivity index (χ0) is 14.0. The topological polar surface area (TPSA) is 71.3 Å². The molecule has 2 N–H and O–H groups in total. The molecule has 2 rings (SSSR count). The molecule has 0 spiro atoms. The van der Waals surface area contributed by atoms with Crippen LogP contribution in [0.1, 0.15) is 23.8 Å². The van der Waals surface area contributed by atoms with E-state index in [1.807, 2.05) is 31.3 Å². The first-order chi connectivity index (χ1) is 8.99. The van der Waals surface area contributed by atoms with Crippen molar-refractivity contribution in [2.24, 2.45) is 7.05 Å². The van der Waals surface area contributed by atoms with Crippen molar-refractivity contribution >= 4 is 22.8 Å². The Morgan fingerprint density at radius 3 is 2.68 bits per heavy atom. The predicted octanol–water partition coefficient (Wildman–Crippen LogP) is 1.77. The minimum Gasteiger partial charge on any atom is -0.481 e. The second kappa shape index (κ2) is 5.14. The fraction of sp³-hybridized carbons (Fsp3) is 0.286. The van der Waals surface area contributed by atoms with Gasteiger partial charge < -0.3 is 15.0 Å². The number of carbonyl (C=O) groups is 2. The fourth-order valence-electron chi connectivity index (χ4n) is 2.12. The molecule has 0 saturated carbocycles. The predicted molar refractivity (Wildman–Crippen MR) is 72.1 cm³/mol. The van der Waals surface area contributed by atoms with Crippen LogP contribution in [0.5, 0.6) is 0 Å². The van der Waals surface area contributed by atoms with Crippen LogP contribution in [0.4, 0.5) is 0 Å². The number of hydrogen-bond acceptors (Lipinski definition) is 2. The lowest BCUT2D eigenvalue weighted by Crippen LogP contribution is -2.35. The fourth-order valence-corrected chi connectivity index (χ4v) is 2.12. The lowest BCUT2D eigenvalue weighted by molar-refractivity contribution is -0.137. The Morgan fingerprint density at radius 2 is 2.05 bits per heavy atom. The van der Waals surface area contributed by atoms with E-state index < -0.39 is 12.0 Å². The smallest absolute Gasteiger partial charge is 0.305 e. The summed E-state index contributed by atoms with van der Waals surface area (Å²) in [7, 11) is 1.82. The number of aromatic nitrogens is 1. The number of fused-ring (bicyclic) bond motifs is 1. The summed E-state index contributed by atoms with van der Waals surface area (Å²) in [6, 6.07) is 9.11. The van der Waals surface area contributed by atoms with Gasteiger partial charge in [-0.25, -0.2) is 0 Å². The molecule has 0 radical (unpaired) electrons. The van der Waals surface area contributed by atoms with Crippen molar-refractivity contribution < 1.29 is 14.7 Å². The first-order valence-electron chi connectivity index (χ1n) is 6.06. The van der Waals surface area contributed by atoms with Crippen LogP contribution in [0, 0.1) is 0 Å². The lowest BCUT2D eigenvalue weighted by Gasteiger charge is -2.12. The molecular formula is C14H16N2O3. The van der Waals surface area contributed by atoms with Crippen molar-refractivity contribution in [3.8, 4) is 0 Å². The number of carboxylic acid groups (broad SMARTS) is 1. The average molecular weight is 260 g/mol. The number of nitrogens with one attached hydrogen (secondary N) is 1. The SMILES string of the molecule is CC(CC(=O)O)NC(=O)c1cc2ccccc2n1C. The van der Waals surface area contributed by atoms with E-state index in [9.17, 15) is 9.59 Å². The Kier molecular flexibility index (Phi) is 3.55. The molecule has 1 unspecified atom stereocenters. The van der Waals surface area contributed by atoms with Crippen LogP contribution < -0.4 is 5.32 Å². The highest BCUT2D eigenvalue weighted by molar-refractivity contribution is 5.98. The van der Waals surface area contributed by atoms with Crippen molar-refractivity contribution in [2.45, 2.75) is 19.4 Å². The molecule has 0 aliphatic carbocycles. The molecule has 5 nitrogen and oxygen atoms in total. The number of nitrogens with zero attached hydrogens (tertiary/aromatic N) is 1. The number of amides is 1. The van der Waals surface area contributed by atoms with Gasteiger partial charge in [-0.2, -0.15) is 0 Å². The molecule has 0 aliphatic heterocycles. The molecule has 1 aromatic carbocycles. The summed E-state index contributed by atoms with van der Waals surface area (Å²) >= 11 is 0. The number of carbonyl (C=O) groups excluding carboxylic acids is 1. The van der Waals surface area contributed by atoms with Gasteiger partial charge in [-0.3, -0.25) is 9.59 Å². The third kappa shape index (κ3) is 2.76. The van der Waals surface area contributed by atoms with E-state index >= 15 is 0 Å². The van der Waals surface area contributed by atoms with E-state index in [0.29, 0.717) is 5.69 Å². The van der Waals surface area contributed by atoms with E-state index in [4.69, 9.17) is 5.11 Å². The van der Waals surface area contributed by atoms with Gasteiger partial charge >= 0.3 is 5.97 Å². The standard InChI is InChI=1S/C14H16N2O3/c1-9(7-13(17)18)15-14(19)12-8-10-5-3-4-6-11(10)16(12)2/h3-6,8-9H,7H2,1-2H3,(H,15,19)(H,17,18). The van der Waals surface area contributed by atoms with Crippen molar-refractivity contribution in [3.05, 3.63) is 36.0 Å². The Morgan fingerprint density at radius 1 is 1.37 bits per heavy atom. The summed E-state index contributed by atoms with van der Waals surface area (Å²) in [5.41, 5.74) is 1.50. The van der Waals surface area contributed by atoms with E-state index in [1.165, 1.54) is 0 Å². The first-order valence-corrected chi connectivity index (χ1v) is 6.06. The van der Waals surface area contributed by atoms with Crippen LogP contribution >= 0.6 is 0 Å². The quantitative estimate of drug-likeness (QED) is 0.880. The van der Waals surface area contributed by atoms with Crippen molar-refractivity contribution in [1.82, 2.24) is 9.88 Å². The van der Waals surface area contributed by atoms with E-state index in [2.05, 4.69) is 5.32 Å². The monoisotopic (exact) mass is 260 g/mol. The third-order valence-corrected chi connectivity index (χ3v) is 3.04. The Labute approximate surface area is 110 Å². The number of para-hydroxylation sites is 1. The van der Waals surface area contributed by atoms with Crippen LogP contribution in [-0.2, 0) is 11.8 Å². The van der Waals surface area contributed by atoms with Gasteiger partial charge in [0.25, 0.3) is 5.91 Å². The molecule has 1 aromatic heterocycles. The van der Waals surface area contributed by atoms with Gasteiger partial charge in [-0.05, 0) is 19.1 Å². The first kappa shape index (κ1) is 13.1. The van der Waals surface area contributed by atoms with E-state index in [1.54, 1.807) is 17.6 Å². The number of aryl methyl sites for hydroxylation is 1. The molecule has 1 heterocycles. The highest BCUT2D eigenvalue weighted by Crippen LogP contribution is 2.18. The van der Waals surface area contributed by atoms with Crippen LogP contribution in [-0.4, -0.2) is 27.6 Å². The van der Waals surface area contributed by atoms with Gasteiger partial charge in [0.2, 0.25) is 0 Å². The summed E-state index contributed by atoms with van der Waals surface area (Å²) in [4.78, 5) is 22.7. The van der Waals surface area contributed by atoms with Crippen molar-refractivity contribution in [1.29, 1.82) is 0 Å². The van der Waals surface area contributed by atoms with Crippen molar-refractivity contribution in [3.63, 3.8) is 0 Å². The van der Waals surface area contributed by atoms with Crippen LogP contribution in [0.2, 0.25) is 0 Å². The lowest BCUT2D eigenvalue weighted by atomic mass is 10.2. The van der Waals surface area contributed by atoms with Crippen LogP contribution in [0.25, 0.3) is 10.9 Å². The van der Waals surface area contributed by atoms with Gasteiger partial charge in [-0.1, -0.05) is 18.2 Å². The molecule has 0 bridgehead atoms. The zero-order valence-corrected chi connectivity index (χ0v) is 10.9. The average Bonchev–Trinajstić information content (AvgIpc) is 2.66. The van der Waals surface area contributed by atoms with Crippen LogP contribution in [0.3, 0.4) is 0 Å². The summed E-state index contributed by atoms with van der Waals surface area (Å²) < 4.78 is 1.80. The summed E-state index contributed by atoms with van der Waals surface area (Å²) in [6.07, 6.45) is -0.0876. The third-order valence-electron chi connectivity index (χ3n) is 3.04. The van der Waals surface area contributed by atoms with Gasteiger partial charge in [0.1, 0.15) is 5.69 Å². The number of rotatable bonds is 4. The maximum Gasteiger partial charge on any atom is 0.305 e. The Balaban J connectivity index is 2.22. The second-order valence-electron chi connectivity index (χ2n) is 4.62. The molecule has 2 aromatic rings. The zero-order valence-electron chi connectivity index (χ0n) is 10.9. The van der Waals surface area contributed by atoms with Crippen molar-refractivity contribution in [2.75, 3.05) is 0 Å². The van der Waals surface area contributed by atoms with Gasteiger partial charge in [0.05, 0.1) is 6.42 Å². The molecule has 0 aliphatic rings. The summed E-state index contributed by atoms with van der Waals surface area (Å²) in [5, 5.41) is 12.4. The summed E-state index contributed by atoms with van der Waals surface area (Å²) in [5.74, 6) is -1.18. The summed E-state index contributed by atoms with van der Waals surface area (Å²) in [6.45, 7) is 1.68. The number of hydrogen-bond donors (Lipinski definition) is 2. The molecule has 19 heavy (non-hydrogen) atoms. The normalized spacial score (nSPS) is 12.3. The Hall–Kier alpha value is -2.30. The number of benzene rings is 1. The molecule has 0 saturated heterocycles. The highest BCUT2D eigenvalue weighted by Gasteiger charge is 2.16. The molecule has 5 heteroatoms. The molecule has 0 fully saturated rings. The highest BCUT2D eigenvalue weighted by atomic mass is 16.4. The molecule has 1 amide bonds. The Bertz CT molecular complexity index is 631. The maximum absolute atomic E-state index is 12.1. The van der Waals surface area contributed by atoms with E-state index in [0.717, 1.165) is 10.9 Å².